The lowest BCUT2D eigenvalue weighted by atomic mass is 10.1. The van der Waals surface area contributed by atoms with Crippen molar-refractivity contribution in [2.24, 2.45) is 0 Å². The van der Waals surface area contributed by atoms with E-state index in [4.69, 9.17) is 14.6 Å². The summed E-state index contributed by atoms with van der Waals surface area (Å²) in [7, 11) is 0. The molecule has 6 aromatic rings. The number of aromatic nitrogens is 4. The predicted octanol–water partition coefficient (Wildman–Crippen LogP) is 5.94. The number of carboxylic acid groups (broad SMARTS) is 2. The molecule has 42 heavy (non-hydrogen) atoms. The summed E-state index contributed by atoms with van der Waals surface area (Å²) in [4.78, 5) is 31.0. The average molecular weight is 565 g/mol. The number of aryl methyl sites for hydroxylation is 1. The number of furan rings is 1. The summed E-state index contributed by atoms with van der Waals surface area (Å²) in [5.41, 5.74) is 7.58. The summed E-state index contributed by atoms with van der Waals surface area (Å²) < 4.78 is 9.45. The summed E-state index contributed by atoms with van der Waals surface area (Å²) in [6, 6.07) is 19.6. The van der Waals surface area contributed by atoms with Crippen LogP contribution in [0.2, 0.25) is 0 Å². The van der Waals surface area contributed by atoms with Gasteiger partial charge in [0, 0.05) is 41.1 Å². The maximum atomic E-state index is 11.1. The highest BCUT2D eigenvalue weighted by Gasteiger charge is 2.18. The van der Waals surface area contributed by atoms with Crippen LogP contribution in [0.4, 0.5) is 0 Å². The number of aliphatic carboxylic acids is 2. The molecule has 0 atom stereocenters. The fraction of sp³-hybridized carbons (Fsp3) is 0.212. The van der Waals surface area contributed by atoms with Crippen molar-refractivity contribution in [2.75, 3.05) is 0 Å². The molecule has 0 saturated heterocycles. The molecule has 0 aliphatic heterocycles. The third-order valence-corrected chi connectivity index (χ3v) is 7.43. The van der Waals surface area contributed by atoms with E-state index in [-0.39, 0.29) is 12.8 Å². The van der Waals surface area contributed by atoms with Gasteiger partial charge in [0.1, 0.15) is 17.1 Å². The number of rotatable bonds is 8. The summed E-state index contributed by atoms with van der Waals surface area (Å²) in [6.45, 7) is 7.19. The van der Waals surface area contributed by atoms with Gasteiger partial charge in [0.25, 0.3) is 0 Å². The maximum Gasteiger partial charge on any atom is 0.307 e. The quantitative estimate of drug-likeness (QED) is 0.234. The van der Waals surface area contributed by atoms with Crippen LogP contribution in [0.25, 0.3) is 22.1 Å². The molecule has 0 radical (unpaired) electrons. The molecule has 9 nitrogen and oxygen atoms in total. The van der Waals surface area contributed by atoms with Crippen molar-refractivity contribution in [1.29, 1.82) is 0 Å². The van der Waals surface area contributed by atoms with Crippen LogP contribution < -0.4 is 0 Å². The first-order chi connectivity index (χ1) is 20.2. The molecule has 0 unspecified atom stereocenters. The Morgan fingerprint density at radius 1 is 0.714 bits per heavy atom. The van der Waals surface area contributed by atoms with Crippen molar-refractivity contribution in [3.8, 4) is 0 Å². The van der Waals surface area contributed by atoms with E-state index in [1.165, 1.54) is 11.1 Å². The first-order valence-corrected chi connectivity index (χ1v) is 13.6. The van der Waals surface area contributed by atoms with Crippen molar-refractivity contribution < 1.29 is 24.2 Å². The largest absolute Gasteiger partial charge is 0.481 e. The van der Waals surface area contributed by atoms with E-state index in [0.29, 0.717) is 13.1 Å². The van der Waals surface area contributed by atoms with Gasteiger partial charge in [0.15, 0.2) is 0 Å². The predicted molar refractivity (Wildman–Crippen MR) is 160 cm³/mol. The molecule has 5 heterocycles. The molecule has 2 N–H and O–H groups in total. The minimum absolute atomic E-state index is 0.000812. The van der Waals surface area contributed by atoms with Crippen molar-refractivity contribution >= 4 is 34.0 Å². The van der Waals surface area contributed by atoms with Crippen LogP contribution in [-0.2, 0) is 35.5 Å². The van der Waals surface area contributed by atoms with Crippen LogP contribution in [0.5, 0.6) is 0 Å². The number of carbonyl (C=O) groups is 2. The van der Waals surface area contributed by atoms with Gasteiger partial charge < -0.3 is 23.8 Å². The van der Waals surface area contributed by atoms with Gasteiger partial charge in [-0.25, -0.2) is 9.97 Å². The lowest BCUT2D eigenvalue weighted by Crippen LogP contribution is -2.05. The molecule has 0 spiro atoms. The molecule has 214 valence electrons. The zero-order valence-corrected chi connectivity index (χ0v) is 23.7. The molecular formula is C33H32N4O5. The Balaban J connectivity index is 0.000000169. The first-order valence-electron chi connectivity index (χ1n) is 13.6. The molecule has 1 aromatic carbocycles. The number of pyridine rings is 2. The number of fused-ring (bicyclic) bond motifs is 2. The number of carboxylic acids is 2. The minimum Gasteiger partial charge on any atom is -0.481 e. The standard InChI is InChI=1S/C18H18N2O2.C15H14N2O3/c1-12-5-7-14(8-6-12)11-20-13(2)16(10-17(21)22)15-4-3-9-19-18(15)20;1-10-13(8-14(18)19)12-5-2-6-16-15(12)17(10)9-11-4-3-7-20-11/h3-9H,10-11H2,1-2H3,(H,21,22);2-7H,8-9H2,1H3,(H,18,19). The zero-order valence-electron chi connectivity index (χ0n) is 23.7. The Hall–Kier alpha value is -5.18. The molecule has 0 fully saturated rings. The monoisotopic (exact) mass is 564 g/mol. The average Bonchev–Trinajstić information content (AvgIpc) is 3.65. The molecule has 9 heteroatoms. The minimum atomic E-state index is -0.839. The second kappa shape index (κ2) is 12.1. The second-order valence-corrected chi connectivity index (χ2v) is 10.3. The van der Waals surface area contributed by atoms with Crippen LogP contribution in [0.15, 0.2) is 83.7 Å². The van der Waals surface area contributed by atoms with E-state index in [1.54, 1.807) is 18.7 Å². The molecule has 0 aliphatic rings. The molecule has 0 aliphatic carbocycles. The fourth-order valence-corrected chi connectivity index (χ4v) is 5.30. The van der Waals surface area contributed by atoms with E-state index < -0.39 is 11.9 Å². The van der Waals surface area contributed by atoms with Gasteiger partial charge in [0.05, 0.1) is 25.6 Å². The third kappa shape index (κ3) is 5.95. The van der Waals surface area contributed by atoms with Gasteiger partial charge in [-0.2, -0.15) is 0 Å². The van der Waals surface area contributed by atoms with Crippen molar-refractivity contribution in [3.05, 3.63) is 119 Å². The highest BCUT2D eigenvalue weighted by molar-refractivity contribution is 5.87. The van der Waals surface area contributed by atoms with Gasteiger partial charge in [-0.3, -0.25) is 9.59 Å². The molecule has 0 saturated carbocycles. The Morgan fingerprint density at radius 3 is 1.71 bits per heavy atom. The molecule has 0 bridgehead atoms. The van der Waals surface area contributed by atoms with Crippen LogP contribution in [0.3, 0.4) is 0 Å². The Labute approximate surface area is 242 Å². The van der Waals surface area contributed by atoms with E-state index in [1.807, 2.05) is 54.8 Å². The topological polar surface area (TPSA) is 123 Å². The van der Waals surface area contributed by atoms with E-state index >= 15 is 0 Å². The number of nitrogens with zero attached hydrogens (tertiary/aromatic N) is 4. The lowest BCUT2D eigenvalue weighted by molar-refractivity contribution is -0.137. The van der Waals surface area contributed by atoms with Crippen LogP contribution in [-0.4, -0.2) is 41.3 Å². The fourth-order valence-electron chi connectivity index (χ4n) is 5.30. The summed E-state index contributed by atoms with van der Waals surface area (Å²) in [5.74, 6) is -0.840. The summed E-state index contributed by atoms with van der Waals surface area (Å²) in [5, 5.41) is 20.0. The van der Waals surface area contributed by atoms with Crippen molar-refractivity contribution in [2.45, 2.75) is 46.7 Å². The molecule has 5 aromatic heterocycles. The maximum absolute atomic E-state index is 11.1. The second-order valence-electron chi connectivity index (χ2n) is 10.3. The van der Waals surface area contributed by atoms with Gasteiger partial charge >= 0.3 is 11.9 Å². The van der Waals surface area contributed by atoms with Gasteiger partial charge in [-0.05, 0) is 73.9 Å². The normalized spacial score (nSPS) is 11.0. The highest BCUT2D eigenvalue weighted by atomic mass is 16.4. The van der Waals surface area contributed by atoms with Crippen molar-refractivity contribution in [3.63, 3.8) is 0 Å². The summed E-state index contributed by atoms with van der Waals surface area (Å²) >= 11 is 0. The Bertz CT molecular complexity index is 1860. The number of hydrogen-bond acceptors (Lipinski definition) is 5. The first kappa shape index (κ1) is 28.4. The summed E-state index contributed by atoms with van der Waals surface area (Å²) in [6.07, 6.45) is 5.11. The van der Waals surface area contributed by atoms with Gasteiger partial charge in [0.2, 0.25) is 0 Å². The van der Waals surface area contributed by atoms with Crippen LogP contribution >= 0.6 is 0 Å². The Kier molecular flexibility index (Phi) is 8.19. The Morgan fingerprint density at radius 2 is 1.24 bits per heavy atom. The van der Waals surface area contributed by atoms with E-state index in [9.17, 15) is 9.59 Å². The number of hydrogen-bond donors (Lipinski definition) is 2. The highest BCUT2D eigenvalue weighted by Crippen LogP contribution is 2.27. The van der Waals surface area contributed by atoms with Crippen LogP contribution in [0.1, 0.15) is 39.4 Å². The zero-order chi connectivity index (χ0) is 29.8. The van der Waals surface area contributed by atoms with Crippen molar-refractivity contribution in [1.82, 2.24) is 19.1 Å². The number of benzene rings is 1. The lowest BCUT2D eigenvalue weighted by Gasteiger charge is -2.08. The molecule has 6 rings (SSSR count). The molecular weight excluding hydrogens is 532 g/mol. The smallest absolute Gasteiger partial charge is 0.307 e. The van der Waals surface area contributed by atoms with Gasteiger partial charge in [-0.1, -0.05) is 29.8 Å². The van der Waals surface area contributed by atoms with Crippen LogP contribution in [0, 0.1) is 20.8 Å². The SMILES string of the molecule is Cc1c(CC(=O)O)c2cccnc2n1Cc1ccco1.Cc1ccc(Cn2c(C)c(CC(=O)O)c3cccnc32)cc1. The van der Waals surface area contributed by atoms with Gasteiger partial charge in [-0.15, -0.1) is 0 Å². The van der Waals surface area contributed by atoms with E-state index in [2.05, 4.69) is 45.7 Å². The third-order valence-electron chi connectivity index (χ3n) is 7.43. The van der Waals surface area contributed by atoms with E-state index in [0.717, 1.165) is 50.3 Å². The molecule has 0 amide bonds.